The van der Waals surface area contributed by atoms with E-state index in [1.807, 2.05) is 35.2 Å². The molecule has 0 spiro atoms. The van der Waals surface area contributed by atoms with Gasteiger partial charge in [-0.15, -0.1) is 0 Å². The van der Waals surface area contributed by atoms with Gasteiger partial charge in [0.1, 0.15) is 0 Å². The van der Waals surface area contributed by atoms with E-state index in [2.05, 4.69) is 19.0 Å². The average molecular weight is 246 g/mol. The highest BCUT2D eigenvalue weighted by Gasteiger charge is 2.35. The first-order chi connectivity index (χ1) is 8.61. The van der Waals surface area contributed by atoms with E-state index < -0.39 is 0 Å². The zero-order chi connectivity index (χ0) is 13.1. The molecule has 0 aromatic heterocycles. The number of hydrogen-bond acceptors (Lipinski definition) is 2. The van der Waals surface area contributed by atoms with Crippen molar-refractivity contribution in [2.75, 3.05) is 19.0 Å². The Morgan fingerprint density at radius 3 is 2.28 bits per heavy atom. The van der Waals surface area contributed by atoms with Gasteiger partial charge in [0.2, 0.25) is 5.91 Å². The molecule has 18 heavy (non-hydrogen) atoms. The van der Waals surface area contributed by atoms with Gasteiger partial charge in [-0.2, -0.15) is 0 Å². The molecule has 1 aromatic carbocycles. The molecule has 2 atom stereocenters. The van der Waals surface area contributed by atoms with Crippen LogP contribution in [0.3, 0.4) is 0 Å². The fourth-order valence-corrected chi connectivity index (χ4v) is 3.02. The van der Waals surface area contributed by atoms with Gasteiger partial charge >= 0.3 is 0 Å². The fourth-order valence-electron chi connectivity index (χ4n) is 3.02. The Balaban J connectivity index is 2.28. The summed E-state index contributed by atoms with van der Waals surface area (Å²) in [6.07, 6.45) is 3.47. The molecule has 0 heterocycles. The van der Waals surface area contributed by atoms with E-state index in [1.54, 1.807) is 6.92 Å². The van der Waals surface area contributed by atoms with Crippen LogP contribution in [0.4, 0.5) is 5.69 Å². The van der Waals surface area contributed by atoms with Gasteiger partial charge in [-0.3, -0.25) is 4.79 Å². The van der Waals surface area contributed by atoms with Crippen LogP contribution in [0.1, 0.15) is 26.2 Å². The summed E-state index contributed by atoms with van der Waals surface area (Å²) < 4.78 is 0. The van der Waals surface area contributed by atoms with Gasteiger partial charge in [0, 0.05) is 18.7 Å². The summed E-state index contributed by atoms with van der Waals surface area (Å²) in [7, 11) is 4.21. The molecule has 1 saturated carbocycles. The minimum absolute atomic E-state index is 0.139. The second kappa shape index (κ2) is 5.53. The van der Waals surface area contributed by atoms with E-state index in [4.69, 9.17) is 0 Å². The number of likely N-dealkylation sites (N-methyl/N-ethyl adjacent to an activating group) is 1. The first kappa shape index (κ1) is 13.1. The maximum atomic E-state index is 12.0. The first-order valence-electron chi connectivity index (χ1n) is 6.62. The Hall–Kier alpha value is -1.35. The molecule has 0 bridgehead atoms. The highest BCUT2D eigenvalue weighted by molar-refractivity contribution is 5.92. The Kier molecular flexibility index (Phi) is 4.02. The molecule has 1 amide bonds. The van der Waals surface area contributed by atoms with Crippen molar-refractivity contribution in [3.05, 3.63) is 30.3 Å². The van der Waals surface area contributed by atoms with Crippen molar-refractivity contribution in [2.45, 2.75) is 38.3 Å². The minimum atomic E-state index is 0.139. The number of amides is 1. The SMILES string of the molecule is CC(=O)N(c1ccccc1)[C@H]1CCC[C@H]1N(C)C. The number of benzene rings is 1. The Labute approximate surface area is 109 Å². The summed E-state index contributed by atoms with van der Waals surface area (Å²) in [5.41, 5.74) is 1.02. The molecule has 0 saturated heterocycles. The predicted octanol–water partition coefficient (Wildman–Crippen LogP) is 2.52. The predicted molar refractivity (Wildman–Crippen MR) is 74.7 cm³/mol. The van der Waals surface area contributed by atoms with Crippen LogP contribution in [0.5, 0.6) is 0 Å². The van der Waals surface area contributed by atoms with E-state index in [-0.39, 0.29) is 5.91 Å². The van der Waals surface area contributed by atoms with Crippen molar-refractivity contribution in [2.24, 2.45) is 0 Å². The van der Waals surface area contributed by atoms with Crippen LogP contribution in [-0.4, -0.2) is 37.0 Å². The summed E-state index contributed by atoms with van der Waals surface area (Å²) in [5, 5.41) is 0. The van der Waals surface area contributed by atoms with Crippen molar-refractivity contribution < 1.29 is 4.79 Å². The topological polar surface area (TPSA) is 23.6 Å². The molecule has 0 unspecified atom stereocenters. The second-order valence-corrected chi connectivity index (χ2v) is 5.25. The average Bonchev–Trinajstić information content (AvgIpc) is 2.79. The zero-order valence-corrected chi connectivity index (χ0v) is 11.5. The largest absolute Gasteiger partial charge is 0.308 e. The Bertz CT molecular complexity index is 402. The van der Waals surface area contributed by atoms with Crippen LogP contribution in [0.15, 0.2) is 30.3 Å². The molecule has 98 valence electrons. The van der Waals surface area contributed by atoms with Gasteiger partial charge in [-0.05, 0) is 45.5 Å². The summed E-state index contributed by atoms with van der Waals surface area (Å²) in [4.78, 5) is 16.2. The standard InChI is InChI=1S/C15H22N2O/c1-12(18)17(13-8-5-4-6-9-13)15-11-7-10-14(15)16(2)3/h4-6,8-9,14-15H,7,10-11H2,1-3H3/t14-,15+/m1/s1. The number of anilines is 1. The fraction of sp³-hybridized carbons (Fsp3) is 0.533. The molecule has 1 fully saturated rings. The maximum Gasteiger partial charge on any atom is 0.224 e. The lowest BCUT2D eigenvalue weighted by Crippen LogP contribution is -2.48. The van der Waals surface area contributed by atoms with Crippen LogP contribution < -0.4 is 4.90 Å². The molecular formula is C15H22N2O. The highest BCUT2D eigenvalue weighted by Crippen LogP contribution is 2.30. The normalized spacial score (nSPS) is 23.3. The molecule has 0 radical (unpaired) electrons. The van der Waals surface area contributed by atoms with Crippen LogP contribution in [-0.2, 0) is 4.79 Å². The lowest BCUT2D eigenvalue weighted by molar-refractivity contribution is -0.117. The molecule has 1 aliphatic rings. The van der Waals surface area contributed by atoms with Crippen molar-refractivity contribution in [3.8, 4) is 0 Å². The number of para-hydroxylation sites is 1. The zero-order valence-electron chi connectivity index (χ0n) is 11.5. The van der Waals surface area contributed by atoms with E-state index in [0.717, 1.165) is 12.1 Å². The summed E-state index contributed by atoms with van der Waals surface area (Å²) in [5.74, 6) is 0.139. The minimum Gasteiger partial charge on any atom is -0.308 e. The maximum absolute atomic E-state index is 12.0. The number of carbonyl (C=O) groups is 1. The molecule has 1 aromatic rings. The molecule has 3 nitrogen and oxygen atoms in total. The van der Waals surface area contributed by atoms with Crippen molar-refractivity contribution in [1.29, 1.82) is 0 Å². The lowest BCUT2D eigenvalue weighted by Gasteiger charge is -2.35. The highest BCUT2D eigenvalue weighted by atomic mass is 16.2. The third-order valence-electron chi connectivity index (χ3n) is 3.81. The monoisotopic (exact) mass is 246 g/mol. The van der Waals surface area contributed by atoms with E-state index >= 15 is 0 Å². The van der Waals surface area contributed by atoms with E-state index in [9.17, 15) is 4.79 Å². The van der Waals surface area contributed by atoms with Gasteiger partial charge in [0.25, 0.3) is 0 Å². The van der Waals surface area contributed by atoms with Crippen LogP contribution in [0.2, 0.25) is 0 Å². The second-order valence-electron chi connectivity index (χ2n) is 5.25. The molecule has 2 rings (SSSR count). The van der Waals surface area contributed by atoms with Crippen LogP contribution in [0.25, 0.3) is 0 Å². The third-order valence-corrected chi connectivity index (χ3v) is 3.81. The molecule has 3 heteroatoms. The quantitative estimate of drug-likeness (QED) is 0.818. The van der Waals surface area contributed by atoms with E-state index in [1.165, 1.54) is 12.8 Å². The van der Waals surface area contributed by atoms with Gasteiger partial charge in [0.05, 0.1) is 6.04 Å². The summed E-state index contributed by atoms with van der Waals surface area (Å²) in [6.45, 7) is 1.66. The summed E-state index contributed by atoms with van der Waals surface area (Å²) in [6, 6.07) is 10.8. The number of nitrogens with zero attached hydrogens (tertiary/aromatic N) is 2. The van der Waals surface area contributed by atoms with Gasteiger partial charge in [-0.25, -0.2) is 0 Å². The molecule has 1 aliphatic carbocycles. The van der Waals surface area contributed by atoms with E-state index in [0.29, 0.717) is 12.1 Å². The van der Waals surface area contributed by atoms with Crippen molar-refractivity contribution >= 4 is 11.6 Å². The molecule has 0 N–H and O–H groups in total. The molecular weight excluding hydrogens is 224 g/mol. The summed E-state index contributed by atoms with van der Waals surface area (Å²) >= 11 is 0. The van der Waals surface area contributed by atoms with Crippen LogP contribution >= 0.6 is 0 Å². The van der Waals surface area contributed by atoms with Gasteiger partial charge in [0.15, 0.2) is 0 Å². The molecule has 0 aliphatic heterocycles. The lowest BCUT2D eigenvalue weighted by atomic mass is 10.1. The number of hydrogen-bond donors (Lipinski definition) is 0. The van der Waals surface area contributed by atoms with Gasteiger partial charge in [-0.1, -0.05) is 18.2 Å². The Morgan fingerprint density at radius 1 is 1.11 bits per heavy atom. The Morgan fingerprint density at radius 2 is 1.72 bits per heavy atom. The number of rotatable bonds is 3. The van der Waals surface area contributed by atoms with Gasteiger partial charge < -0.3 is 9.80 Å². The van der Waals surface area contributed by atoms with Crippen molar-refractivity contribution in [1.82, 2.24) is 4.90 Å². The smallest absolute Gasteiger partial charge is 0.224 e. The number of carbonyl (C=O) groups excluding carboxylic acids is 1. The van der Waals surface area contributed by atoms with Crippen LogP contribution in [0, 0.1) is 0 Å². The first-order valence-corrected chi connectivity index (χ1v) is 6.62. The third kappa shape index (κ3) is 2.56. The van der Waals surface area contributed by atoms with Crippen molar-refractivity contribution in [3.63, 3.8) is 0 Å².